The molecule has 0 aromatic carbocycles. The number of nitrogens with one attached hydrogen (secondary N) is 2. The molecule has 2 aliphatic rings. The molecule has 0 saturated heterocycles. The molecular weight excluding hydrogens is 425 g/mol. The minimum Gasteiger partial charge on any atom is -0.497 e. The molecule has 9 heteroatoms. The fourth-order valence-corrected chi connectivity index (χ4v) is 3.99. The van der Waals surface area contributed by atoms with Gasteiger partial charge in [-0.3, -0.25) is 4.79 Å². The van der Waals surface area contributed by atoms with Crippen molar-refractivity contribution < 1.29 is 9.53 Å². The van der Waals surface area contributed by atoms with Crippen molar-refractivity contribution in [3.63, 3.8) is 0 Å². The van der Waals surface area contributed by atoms with Crippen molar-refractivity contribution in [2.75, 3.05) is 25.5 Å². The van der Waals surface area contributed by atoms with E-state index >= 15 is 0 Å². The average Bonchev–Trinajstić information content (AvgIpc) is 3.19. The molecular formula is C23H25BClN5O2. The van der Waals surface area contributed by atoms with E-state index in [1.807, 2.05) is 18.2 Å². The van der Waals surface area contributed by atoms with Gasteiger partial charge in [0.25, 0.3) is 0 Å². The van der Waals surface area contributed by atoms with Crippen molar-refractivity contribution in [2.45, 2.75) is 32.1 Å². The molecule has 0 saturated carbocycles. The number of aromatic nitrogens is 3. The highest BCUT2D eigenvalue weighted by molar-refractivity contribution is 6.36. The number of ether oxygens (including phenoxy) is 1. The Morgan fingerprint density at radius 2 is 2.19 bits per heavy atom. The Morgan fingerprint density at radius 3 is 3.00 bits per heavy atom. The van der Waals surface area contributed by atoms with Gasteiger partial charge in [0.1, 0.15) is 19.4 Å². The van der Waals surface area contributed by atoms with Gasteiger partial charge in [-0.15, -0.1) is 0 Å². The summed E-state index contributed by atoms with van der Waals surface area (Å²) in [6.07, 6.45) is 13.5. The highest BCUT2D eigenvalue weighted by Crippen LogP contribution is 2.30. The lowest BCUT2D eigenvalue weighted by molar-refractivity contribution is -0.117. The lowest BCUT2D eigenvalue weighted by Gasteiger charge is -2.15. The maximum Gasteiger partial charge on any atom is 0.247 e. The van der Waals surface area contributed by atoms with Crippen molar-refractivity contribution in [3.05, 3.63) is 58.6 Å². The third-order valence-electron chi connectivity index (χ3n) is 5.43. The number of allylic oxidation sites excluding steroid dienone is 6. The van der Waals surface area contributed by atoms with Gasteiger partial charge in [-0.2, -0.15) is 9.61 Å². The number of methoxy groups -OCH3 is 1. The predicted molar refractivity (Wildman–Crippen MR) is 128 cm³/mol. The van der Waals surface area contributed by atoms with Crippen LogP contribution in [0, 0.1) is 0 Å². The highest BCUT2D eigenvalue weighted by atomic mass is 35.5. The number of hydrogen-bond donors (Lipinski definition) is 2. The van der Waals surface area contributed by atoms with Crippen molar-refractivity contribution in [2.24, 2.45) is 0 Å². The predicted octanol–water partition coefficient (Wildman–Crippen LogP) is 2.99. The Bertz CT molecular complexity index is 1150. The monoisotopic (exact) mass is 449 g/mol. The fourth-order valence-electron chi connectivity index (χ4n) is 3.72. The summed E-state index contributed by atoms with van der Waals surface area (Å²) in [6.45, 7) is 1.20. The molecule has 0 bridgehead atoms. The summed E-state index contributed by atoms with van der Waals surface area (Å²) in [7, 11) is 7.68. The van der Waals surface area contributed by atoms with Crippen LogP contribution in [0.5, 0.6) is 0 Å². The number of halogens is 1. The van der Waals surface area contributed by atoms with E-state index in [9.17, 15) is 4.79 Å². The van der Waals surface area contributed by atoms with Crippen LogP contribution in [0.2, 0.25) is 0 Å². The molecule has 0 spiro atoms. The van der Waals surface area contributed by atoms with Gasteiger partial charge in [0.2, 0.25) is 5.91 Å². The van der Waals surface area contributed by atoms with E-state index in [0.29, 0.717) is 24.2 Å². The molecule has 1 amide bonds. The SMILES string of the molecule is [B]c1cnn2c(NCCCNC(=O)C3=CC(OC)=CCC3)cc(C3=C(Cl)CCC=C3)nc12. The second kappa shape index (κ2) is 10.1. The summed E-state index contributed by atoms with van der Waals surface area (Å²) in [5.41, 5.74) is 3.49. The molecule has 2 N–H and O–H groups in total. The van der Waals surface area contributed by atoms with Crippen LogP contribution in [0.15, 0.2) is 52.9 Å². The largest absolute Gasteiger partial charge is 0.497 e. The van der Waals surface area contributed by atoms with E-state index in [2.05, 4.69) is 26.8 Å². The molecule has 0 unspecified atom stereocenters. The second-order valence-corrected chi connectivity index (χ2v) is 8.13. The van der Waals surface area contributed by atoms with E-state index in [0.717, 1.165) is 65.6 Å². The van der Waals surface area contributed by atoms with Crippen LogP contribution in [0.1, 0.15) is 37.8 Å². The third-order valence-corrected chi connectivity index (χ3v) is 5.82. The molecule has 0 fully saturated rings. The van der Waals surface area contributed by atoms with Crippen LogP contribution >= 0.6 is 11.6 Å². The minimum absolute atomic E-state index is 0.0493. The van der Waals surface area contributed by atoms with E-state index in [-0.39, 0.29) is 5.91 Å². The van der Waals surface area contributed by atoms with Crippen molar-refractivity contribution in [3.8, 4) is 0 Å². The highest BCUT2D eigenvalue weighted by Gasteiger charge is 2.15. The van der Waals surface area contributed by atoms with E-state index in [4.69, 9.17) is 24.2 Å². The lowest BCUT2D eigenvalue weighted by Crippen LogP contribution is -2.28. The molecule has 0 atom stereocenters. The molecule has 2 aromatic rings. The maximum absolute atomic E-state index is 12.4. The number of carbonyl (C=O) groups is 1. The summed E-state index contributed by atoms with van der Waals surface area (Å²) in [5, 5.41) is 11.5. The molecule has 7 nitrogen and oxygen atoms in total. The van der Waals surface area contributed by atoms with Gasteiger partial charge in [-0.25, -0.2) is 4.98 Å². The van der Waals surface area contributed by atoms with Gasteiger partial charge < -0.3 is 15.4 Å². The summed E-state index contributed by atoms with van der Waals surface area (Å²) in [5.74, 6) is 1.46. The van der Waals surface area contributed by atoms with Crippen molar-refractivity contribution in [1.29, 1.82) is 0 Å². The van der Waals surface area contributed by atoms with Gasteiger partial charge in [-0.05, 0) is 49.7 Å². The molecule has 164 valence electrons. The van der Waals surface area contributed by atoms with E-state index < -0.39 is 0 Å². The van der Waals surface area contributed by atoms with Gasteiger partial charge in [0, 0.05) is 41.5 Å². The first-order valence-electron chi connectivity index (χ1n) is 10.7. The van der Waals surface area contributed by atoms with Crippen LogP contribution in [-0.4, -0.2) is 48.6 Å². The van der Waals surface area contributed by atoms with Gasteiger partial charge in [0.05, 0.1) is 12.8 Å². The van der Waals surface area contributed by atoms with Crippen LogP contribution in [0.4, 0.5) is 5.82 Å². The van der Waals surface area contributed by atoms with Gasteiger partial charge in [0.15, 0.2) is 5.65 Å². The smallest absolute Gasteiger partial charge is 0.247 e. The first-order chi connectivity index (χ1) is 15.6. The molecule has 0 aliphatic heterocycles. The summed E-state index contributed by atoms with van der Waals surface area (Å²) >= 11 is 6.45. The van der Waals surface area contributed by atoms with Crippen LogP contribution in [-0.2, 0) is 9.53 Å². The first-order valence-corrected chi connectivity index (χ1v) is 11.1. The quantitative estimate of drug-likeness (QED) is 0.478. The van der Waals surface area contributed by atoms with E-state index in [1.54, 1.807) is 23.9 Å². The average molecular weight is 450 g/mol. The Balaban J connectivity index is 1.39. The zero-order valence-electron chi connectivity index (χ0n) is 18.0. The third kappa shape index (κ3) is 4.91. The first kappa shape index (κ1) is 22.2. The number of rotatable bonds is 8. The Hall–Kier alpha value is -3.00. The Morgan fingerprint density at radius 1 is 1.31 bits per heavy atom. The van der Waals surface area contributed by atoms with Crippen LogP contribution in [0.3, 0.4) is 0 Å². The molecule has 2 aromatic heterocycles. The van der Waals surface area contributed by atoms with Gasteiger partial charge in [-0.1, -0.05) is 23.8 Å². The van der Waals surface area contributed by atoms with Gasteiger partial charge >= 0.3 is 0 Å². The molecule has 4 rings (SSSR count). The van der Waals surface area contributed by atoms with E-state index in [1.165, 1.54) is 0 Å². The number of anilines is 1. The summed E-state index contributed by atoms with van der Waals surface area (Å²) in [6, 6.07) is 1.93. The fraction of sp³-hybridized carbons (Fsp3) is 0.348. The molecule has 2 heterocycles. The van der Waals surface area contributed by atoms with Crippen molar-refractivity contribution in [1.82, 2.24) is 19.9 Å². The number of nitrogens with zero attached hydrogens (tertiary/aromatic N) is 3. The topological polar surface area (TPSA) is 80.5 Å². The zero-order valence-corrected chi connectivity index (χ0v) is 18.8. The number of fused-ring (bicyclic) bond motifs is 1. The molecule has 2 aliphatic carbocycles. The Kier molecular flexibility index (Phi) is 7.00. The zero-order chi connectivity index (χ0) is 22.5. The van der Waals surface area contributed by atoms with Crippen LogP contribution in [0.25, 0.3) is 11.2 Å². The number of carbonyl (C=O) groups excluding carboxylic acids is 1. The minimum atomic E-state index is -0.0493. The molecule has 2 radical (unpaired) electrons. The Labute approximate surface area is 193 Å². The molecule has 32 heavy (non-hydrogen) atoms. The standard InChI is InChI=1S/C23H25BClN5O2/c1-32-16-7-4-6-15(12-16)23(31)27-11-5-10-26-21-13-20(17-8-2-3-9-19(17)25)29-22-18(24)14-28-30(21)22/h2,7-8,12-14,26H,3-6,9-11H2,1H3,(H,27,31). The number of amides is 1. The maximum atomic E-state index is 12.4. The summed E-state index contributed by atoms with van der Waals surface area (Å²) < 4.78 is 6.90. The lowest BCUT2D eigenvalue weighted by atomic mass is 10.00. The second-order valence-electron chi connectivity index (χ2n) is 7.68. The normalized spacial score (nSPS) is 16.1. The van der Waals surface area contributed by atoms with Crippen LogP contribution < -0.4 is 16.1 Å². The number of hydrogen-bond acceptors (Lipinski definition) is 5. The summed E-state index contributed by atoms with van der Waals surface area (Å²) in [4.78, 5) is 17.0. The van der Waals surface area contributed by atoms with Crippen molar-refractivity contribution >= 4 is 47.9 Å².